The summed E-state index contributed by atoms with van der Waals surface area (Å²) in [5.74, 6) is 6.44. The first-order chi connectivity index (χ1) is 9.08. The van der Waals surface area contributed by atoms with Crippen LogP contribution in [0.15, 0.2) is 24.3 Å². The van der Waals surface area contributed by atoms with E-state index in [0.717, 1.165) is 18.4 Å². The smallest absolute Gasteiger partial charge is 0.269 e. The molecule has 0 unspecified atom stereocenters. The first kappa shape index (κ1) is 12.8. The number of aryl methyl sites for hydroxylation is 2. The standard InChI is InChI=1S/C11H14N6O2/c12-11-15-14-10(16(11)13)3-1-2-8-4-6-9(7-5-8)17(18)19/h4-7H,1-3,13H2,(H2,12,15). The topological polar surface area (TPSA) is 126 Å². The van der Waals surface area contributed by atoms with Crippen LogP contribution in [0.5, 0.6) is 0 Å². The monoisotopic (exact) mass is 262 g/mol. The highest BCUT2D eigenvalue weighted by atomic mass is 16.6. The van der Waals surface area contributed by atoms with Crippen LogP contribution in [-0.2, 0) is 12.8 Å². The molecule has 0 atom stereocenters. The number of anilines is 1. The average molecular weight is 262 g/mol. The summed E-state index contributed by atoms with van der Waals surface area (Å²) in [5, 5.41) is 18.0. The molecule has 0 fully saturated rings. The fraction of sp³-hybridized carbons (Fsp3) is 0.273. The number of nitro benzene ring substituents is 1. The molecular formula is C11H14N6O2. The van der Waals surface area contributed by atoms with E-state index >= 15 is 0 Å². The molecular weight excluding hydrogens is 248 g/mol. The first-order valence-electron chi connectivity index (χ1n) is 5.76. The van der Waals surface area contributed by atoms with E-state index in [4.69, 9.17) is 11.6 Å². The number of nitro groups is 1. The Balaban J connectivity index is 1.89. The number of nitrogen functional groups attached to an aromatic ring is 2. The molecule has 2 rings (SSSR count). The van der Waals surface area contributed by atoms with E-state index < -0.39 is 4.92 Å². The van der Waals surface area contributed by atoms with Crippen LogP contribution in [-0.4, -0.2) is 19.8 Å². The minimum absolute atomic E-state index is 0.0956. The molecule has 1 aromatic heterocycles. The van der Waals surface area contributed by atoms with Gasteiger partial charge in [0.25, 0.3) is 5.69 Å². The van der Waals surface area contributed by atoms with Gasteiger partial charge < -0.3 is 11.6 Å². The Hall–Kier alpha value is -2.64. The van der Waals surface area contributed by atoms with Crippen molar-refractivity contribution in [1.29, 1.82) is 0 Å². The molecule has 0 amide bonds. The van der Waals surface area contributed by atoms with Gasteiger partial charge in [-0.25, -0.2) is 4.68 Å². The molecule has 8 heteroatoms. The van der Waals surface area contributed by atoms with E-state index in [2.05, 4.69) is 10.2 Å². The zero-order valence-corrected chi connectivity index (χ0v) is 10.2. The molecule has 8 nitrogen and oxygen atoms in total. The molecule has 1 aromatic carbocycles. The highest BCUT2D eigenvalue weighted by molar-refractivity contribution is 5.32. The number of hydrogen-bond acceptors (Lipinski definition) is 6. The van der Waals surface area contributed by atoms with Crippen molar-refractivity contribution in [3.63, 3.8) is 0 Å². The van der Waals surface area contributed by atoms with Gasteiger partial charge in [0.1, 0.15) is 0 Å². The molecule has 0 radical (unpaired) electrons. The van der Waals surface area contributed by atoms with Crippen LogP contribution in [0.4, 0.5) is 11.6 Å². The Bertz CT molecular complexity index is 577. The second-order valence-corrected chi connectivity index (χ2v) is 4.12. The second-order valence-electron chi connectivity index (χ2n) is 4.12. The maximum Gasteiger partial charge on any atom is 0.269 e. The Morgan fingerprint density at radius 1 is 1.21 bits per heavy atom. The van der Waals surface area contributed by atoms with Gasteiger partial charge in [-0.2, -0.15) is 0 Å². The Kier molecular flexibility index (Phi) is 3.60. The van der Waals surface area contributed by atoms with Crippen molar-refractivity contribution in [1.82, 2.24) is 14.9 Å². The summed E-state index contributed by atoms with van der Waals surface area (Å²) in [7, 11) is 0. The van der Waals surface area contributed by atoms with Gasteiger partial charge in [-0.1, -0.05) is 12.1 Å². The molecule has 0 aliphatic heterocycles. The third-order valence-electron chi connectivity index (χ3n) is 2.81. The number of nitrogens with zero attached hydrogens (tertiary/aromatic N) is 4. The molecule has 0 spiro atoms. The molecule has 0 aliphatic rings. The Morgan fingerprint density at radius 2 is 1.89 bits per heavy atom. The molecule has 4 N–H and O–H groups in total. The van der Waals surface area contributed by atoms with Crippen molar-refractivity contribution in [2.24, 2.45) is 0 Å². The van der Waals surface area contributed by atoms with Crippen molar-refractivity contribution in [3.8, 4) is 0 Å². The highest BCUT2D eigenvalue weighted by Gasteiger charge is 2.07. The number of hydrogen-bond donors (Lipinski definition) is 2. The van der Waals surface area contributed by atoms with Crippen molar-refractivity contribution in [3.05, 3.63) is 45.8 Å². The van der Waals surface area contributed by atoms with Gasteiger partial charge in [0, 0.05) is 18.6 Å². The minimum Gasteiger partial charge on any atom is -0.366 e. The molecule has 19 heavy (non-hydrogen) atoms. The van der Waals surface area contributed by atoms with Gasteiger partial charge in [0.05, 0.1) is 4.92 Å². The predicted molar refractivity (Wildman–Crippen MR) is 69.7 cm³/mol. The summed E-state index contributed by atoms with van der Waals surface area (Å²) < 4.78 is 1.26. The predicted octanol–water partition coefficient (Wildman–Crippen LogP) is 0.658. The highest BCUT2D eigenvalue weighted by Crippen LogP contribution is 2.14. The van der Waals surface area contributed by atoms with Gasteiger partial charge in [-0.3, -0.25) is 10.1 Å². The van der Waals surface area contributed by atoms with Gasteiger partial charge in [-0.05, 0) is 18.4 Å². The third-order valence-corrected chi connectivity index (χ3v) is 2.81. The largest absolute Gasteiger partial charge is 0.366 e. The van der Waals surface area contributed by atoms with E-state index in [9.17, 15) is 10.1 Å². The van der Waals surface area contributed by atoms with Crippen LogP contribution in [0.1, 0.15) is 17.8 Å². The molecule has 0 aliphatic carbocycles. The number of non-ortho nitro benzene ring substituents is 1. The fourth-order valence-electron chi connectivity index (χ4n) is 1.74. The van der Waals surface area contributed by atoms with E-state index in [1.54, 1.807) is 12.1 Å². The lowest BCUT2D eigenvalue weighted by atomic mass is 10.1. The maximum absolute atomic E-state index is 10.5. The molecule has 0 bridgehead atoms. The summed E-state index contributed by atoms with van der Waals surface area (Å²) in [6.07, 6.45) is 2.25. The molecule has 2 aromatic rings. The van der Waals surface area contributed by atoms with Crippen LogP contribution < -0.4 is 11.6 Å². The molecule has 100 valence electrons. The van der Waals surface area contributed by atoms with E-state index in [0.29, 0.717) is 12.2 Å². The van der Waals surface area contributed by atoms with E-state index in [1.165, 1.54) is 16.8 Å². The fourth-order valence-corrected chi connectivity index (χ4v) is 1.74. The van der Waals surface area contributed by atoms with Crippen molar-refractivity contribution >= 4 is 11.6 Å². The van der Waals surface area contributed by atoms with Crippen molar-refractivity contribution < 1.29 is 4.92 Å². The van der Waals surface area contributed by atoms with Crippen molar-refractivity contribution in [2.75, 3.05) is 11.6 Å². The van der Waals surface area contributed by atoms with Gasteiger partial charge in [0.2, 0.25) is 5.95 Å². The van der Waals surface area contributed by atoms with Crippen LogP contribution in [0, 0.1) is 10.1 Å². The summed E-state index contributed by atoms with van der Waals surface area (Å²) >= 11 is 0. The summed E-state index contributed by atoms with van der Waals surface area (Å²) in [5.41, 5.74) is 6.59. The van der Waals surface area contributed by atoms with E-state index in [1.807, 2.05) is 0 Å². The zero-order valence-electron chi connectivity index (χ0n) is 10.2. The summed E-state index contributed by atoms with van der Waals surface area (Å²) in [4.78, 5) is 10.1. The third kappa shape index (κ3) is 2.97. The number of aromatic nitrogens is 3. The first-order valence-corrected chi connectivity index (χ1v) is 5.76. The summed E-state index contributed by atoms with van der Waals surface area (Å²) in [6.45, 7) is 0. The normalized spacial score (nSPS) is 10.5. The lowest BCUT2D eigenvalue weighted by molar-refractivity contribution is -0.384. The van der Waals surface area contributed by atoms with Crippen LogP contribution in [0.25, 0.3) is 0 Å². The Morgan fingerprint density at radius 3 is 2.42 bits per heavy atom. The lowest BCUT2D eigenvalue weighted by Gasteiger charge is -2.02. The van der Waals surface area contributed by atoms with Crippen molar-refractivity contribution in [2.45, 2.75) is 19.3 Å². The quantitative estimate of drug-likeness (QED) is 0.463. The minimum atomic E-state index is -0.413. The SMILES string of the molecule is Nc1nnc(CCCc2ccc([N+](=O)[O-])cc2)n1N. The molecule has 0 saturated carbocycles. The second kappa shape index (κ2) is 5.34. The number of nitrogens with two attached hydrogens (primary N) is 2. The molecule has 0 saturated heterocycles. The number of benzene rings is 1. The Labute approximate surface area is 109 Å². The van der Waals surface area contributed by atoms with E-state index in [-0.39, 0.29) is 11.6 Å². The maximum atomic E-state index is 10.5. The summed E-state index contributed by atoms with van der Waals surface area (Å²) in [6, 6.07) is 6.50. The lowest BCUT2D eigenvalue weighted by Crippen LogP contribution is -2.15. The van der Waals surface area contributed by atoms with Gasteiger partial charge >= 0.3 is 0 Å². The van der Waals surface area contributed by atoms with Gasteiger partial charge in [-0.15, -0.1) is 10.2 Å². The number of rotatable bonds is 5. The van der Waals surface area contributed by atoms with Crippen LogP contribution >= 0.6 is 0 Å². The van der Waals surface area contributed by atoms with Crippen LogP contribution in [0.2, 0.25) is 0 Å². The molecule has 1 heterocycles. The zero-order chi connectivity index (χ0) is 13.8. The average Bonchev–Trinajstić information content (AvgIpc) is 2.71. The van der Waals surface area contributed by atoms with Crippen LogP contribution in [0.3, 0.4) is 0 Å². The van der Waals surface area contributed by atoms with Gasteiger partial charge in [0.15, 0.2) is 5.82 Å².